The average Bonchev–Trinajstić information content (AvgIpc) is 3.26. The number of esters is 1. The van der Waals surface area contributed by atoms with Crippen molar-refractivity contribution in [1.29, 1.82) is 0 Å². The van der Waals surface area contributed by atoms with E-state index in [0.717, 1.165) is 40.6 Å². The van der Waals surface area contributed by atoms with E-state index in [4.69, 9.17) is 21.1 Å². The normalized spacial score (nSPS) is 15.3. The van der Waals surface area contributed by atoms with Gasteiger partial charge >= 0.3 is 5.97 Å². The monoisotopic (exact) mass is 502 g/mol. The molecule has 6 nitrogen and oxygen atoms in total. The first-order chi connectivity index (χ1) is 17.5. The molecule has 3 aromatic carbocycles. The van der Waals surface area contributed by atoms with E-state index in [0.29, 0.717) is 22.9 Å². The van der Waals surface area contributed by atoms with Crippen molar-refractivity contribution in [3.8, 4) is 11.4 Å². The van der Waals surface area contributed by atoms with Crippen molar-refractivity contribution in [2.45, 2.75) is 25.2 Å². The number of carbonyl (C=O) groups is 2. The number of aromatic nitrogens is 1. The Labute approximate surface area is 215 Å². The van der Waals surface area contributed by atoms with E-state index in [1.165, 1.54) is 7.11 Å². The Hall–Kier alpha value is -3.77. The highest BCUT2D eigenvalue weighted by Crippen LogP contribution is 2.39. The summed E-state index contributed by atoms with van der Waals surface area (Å²) in [5.41, 5.74) is 3.03. The number of ether oxygens (including phenoxy) is 2. The molecule has 0 bridgehead atoms. The van der Waals surface area contributed by atoms with Crippen molar-refractivity contribution >= 4 is 39.9 Å². The van der Waals surface area contributed by atoms with E-state index in [2.05, 4.69) is 24.5 Å². The fourth-order valence-electron chi connectivity index (χ4n) is 4.97. The Morgan fingerprint density at radius 1 is 1.00 bits per heavy atom. The molecule has 0 fully saturated rings. The number of amides is 1. The van der Waals surface area contributed by atoms with Gasteiger partial charge in [0.1, 0.15) is 5.75 Å². The summed E-state index contributed by atoms with van der Waals surface area (Å²) in [5, 5.41) is 2.84. The van der Waals surface area contributed by atoms with Crippen molar-refractivity contribution in [3.63, 3.8) is 0 Å². The van der Waals surface area contributed by atoms with E-state index < -0.39 is 0 Å². The summed E-state index contributed by atoms with van der Waals surface area (Å²) in [6, 6.07) is 19.3. The van der Waals surface area contributed by atoms with Gasteiger partial charge in [0.15, 0.2) is 0 Å². The molecule has 1 aromatic heterocycles. The summed E-state index contributed by atoms with van der Waals surface area (Å²) in [6.07, 6.45) is 5.86. The number of fused-ring (bicyclic) bond motifs is 2. The van der Waals surface area contributed by atoms with Crippen LogP contribution in [0.3, 0.4) is 0 Å². The number of hydrogen-bond acceptors (Lipinski definition) is 4. The number of methoxy groups -OCH3 is 2. The smallest absolute Gasteiger partial charge is 0.306 e. The molecule has 0 saturated carbocycles. The largest absolute Gasteiger partial charge is 0.496 e. The molecule has 0 N–H and O–H groups in total. The zero-order chi connectivity index (χ0) is 25.2. The van der Waals surface area contributed by atoms with Crippen LogP contribution in [0.25, 0.3) is 16.5 Å². The fraction of sp³-hybridized carbons (Fsp3) is 0.241. The van der Waals surface area contributed by atoms with Gasteiger partial charge in [-0.3, -0.25) is 9.59 Å². The van der Waals surface area contributed by atoms with Crippen molar-refractivity contribution in [1.82, 2.24) is 4.57 Å². The highest BCUT2D eigenvalue weighted by Gasteiger charge is 2.30. The molecule has 0 spiro atoms. The lowest BCUT2D eigenvalue weighted by Crippen LogP contribution is -2.32. The van der Waals surface area contributed by atoms with Crippen LogP contribution in [0.15, 0.2) is 73.1 Å². The van der Waals surface area contributed by atoms with Crippen LogP contribution in [0.5, 0.6) is 5.75 Å². The van der Waals surface area contributed by atoms with Crippen LogP contribution in [-0.2, 0) is 9.53 Å². The molecule has 1 aliphatic rings. The van der Waals surface area contributed by atoms with Gasteiger partial charge in [-0.05, 0) is 65.4 Å². The maximum atomic E-state index is 13.9. The van der Waals surface area contributed by atoms with Gasteiger partial charge < -0.3 is 18.9 Å². The third-order valence-electron chi connectivity index (χ3n) is 6.81. The average molecular weight is 503 g/mol. The number of anilines is 1. The molecule has 1 unspecified atom stereocenters. The Morgan fingerprint density at radius 3 is 2.44 bits per heavy atom. The minimum absolute atomic E-state index is 0.0731. The van der Waals surface area contributed by atoms with Crippen LogP contribution >= 0.6 is 11.6 Å². The molecule has 4 aromatic rings. The summed E-state index contributed by atoms with van der Waals surface area (Å²) in [4.78, 5) is 27.7. The first-order valence-electron chi connectivity index (χ1n) is 11.9. The molecule has 1 amide bonds. The molecule has 0 saturated heterocycles. The Kier molecular flexibility index (Phi) is 6.70. The van der Waals surface area contributed by atoms with E-state index in [-0.39, 0.29) is 24.2 Å². The molecule has 184 valence electrons. The van der Waals surface area contributed by atoms with Crippen LogP contribution in [0.2, 0.25) is 5.02 Å². The van der Waals surface area contributed by atoms with Crippen molar-refractivity contribution in [2.24, 2.45) is 0 Å². The van der Waals surface area contributed by atoms with Gasteiger partial charge in [0.05, 0.1) is 26.2 Å². The molecular formula is C29H27ClN2O4. The molecule has 1 atom stereocenters. The number of halogens is 1. The van der Waals surface area contributed by atoms with E-state index >= 15 is 0 Å². The molecule has 36 heavy (non-hydrogen) atoms. The lowest BCUT2D eigenvalue weighted by Gasteiger charge is -2.25. The zero-order valence-electron chi connectivity index (χ0n) is 20.2. The number of hydrogen-bond donors (Lipinski definition) is 0. The third kappa shape index (κ3) is 4.56. The number of nitrogens with zero attached hydrogens (tertiary/aromatic N) is 2. The first-order valence-corrected chi connectivity index (χ1v) is 12.3. The number of carbonyl (C=O) groups excluding carboxylic acids is 2. The summed E-state index contributed by atoms with van der Waals surface area (Å²) in [6.45, 7) is 0.527. The van der Waals surface area contributed by atoms with E-state index in [9.17, 15) is 9.59 Å². The molecule has 2 heterocycles. The standard InChI is InChI=1S/C29H27ClN2O4/c1-35-27-16-23(31-17-20-6-3-4-7-21(20)18-31)10-11-24(27)29(34)32-13-5-8-19(14-28(33)36-2)25-15-22(30)9-12-26(25)32/h3-4,6-7,9-12,15-19H,5,8,13-14H2,1-2H3. The van der Waals surface area contributed by atoms with Crippen LogP contribution in [-0.4, -0.2) is 37.2 Å². The summed E-state index contributed by atoms with van der Waals surface area (Å²) < 4.78 is 12.6. The molecule has 1 aliphatic heterocycles. The topological polar surface area (TPSA) is 60.8 Å². The summed E-state index contributed by atoms with van der Waals surface area (Å²) >= 11 is 6.32. The minimum atomic E-state index is -0.277. The van der Waals surface area contributed by atoms with Crippen LogP contribution in [0.1, 0.15) is 41.1 Å². The van der Waals surface area contributed by atoms with Gasteiger partial charge in [-0.15, -0.1) is 0 Å². The van der Waals surface area contributed by atoms with Crippen LogP contribution < -0.4 is 9.64 Å². The highest BCUT2D eigenvalue weighted by atomic mass is 35.5. The van der Waals surface area contributed by atoms with Crippen LogP contribution in [0, 0.1) is 0 Å². The Balaban J connectivity index is 1.50. The van der Waals surface area contributed by atoms with Gasteiger partial charge in [0, 0.05) is 41.4 Å². The van der Waals surface area contributed by atoms with Gasteiger partial charge in [-0.1, -0.05) is 35.9 Å². The Morgan fingerprint density at radius 2 is 1.75 bits per heavy atom. The number of benzene rings is 3. The maximum Gasteiger partial charge on any atom is 0.306 e. The van der Waals surface area contributed by atoms with Gasteiger partial charge in [-0.25, -0.2) is 0 Å². The first kappa shape index (κ1) is 23.9. The zero-order valence-corrected chi connectivity index (χ0v) is 21.0. The van der Waals surface area contributed by atoms with Crippen molar-refractivity contribution in [2.75, 3.05) is 25.7 Å². The maximum absolute atomic E-state index is 13.9. The molecule has 0 aliphatic carbocycles. The lowest BCUT2D eigenvalue weighted by atomic mass is 9.91. The van der Waals surface area contributed by atoms with Crippen molar-refractivity contribution in [3.05, 3.63) is 89.2 Å². The SMILES string of the molecule is COC(=O)CC1CCCN(C(=O)c2ccc(-n3cc4ccccc4c3)cc2OC)c2ccc(Cl)cc21. The number of rotatable bonds is 5. The minimum Gasteiger partial charge on any atom is -0.496 e. The Bertz CT molecular complexity index is 1410. The fourth-order valence-corrected chi connectivity index (χ4v) is 5.15. The van der Waals surface area contributed by atoms with E-state index in [1.807, 2.05) is 47.0 Å². The predicted molar refractivity (Wildman–Crippen MR) is 142 cm³/mol. The second-order valence-corrected chi connectivity index (χ2v) is 9.39. The van der Waals surface area contributed by atoms with Gasteiger partial charge in [0.25, 0.3) is 5.91 Å². The van der Waals surface area contributed by atoms with Crippen LogP contribution in [0.4, 0.5) is 5.69 Å². The predicted octanol–water partition coefficient (Wildman–Crippen LogP) is 6.38. The van der Waals surface area contributed by atoms with Crippen molar-refractivity contribution < 1.29 is 19.1 Å². The van der Waals surface area contributed by atoms with Gasteiger partial charge in [0.2, 0.25) is 0 Å². The van der Waals surface area contributed by atoms with E-state index in [1.54, 1.807) is 18.1 Å². The molecule has 0 radical (unpaired) electrons. The summed E-state index contributed by atoms with van der Waals surface area (Å²) in [5.74, 6) is -0.00351. The van der Waals surface area contributed by atoms with Gasteiger partial charge in [-0.2, -0.15) is 0 Å². The summed E-state index contributed by atoms with van der Waals surface area (Å²) in [7, 11) is 2.96. The molecular weight excluding hydrogens is 476 g/mol. The third-order valence-corrected chi connectivity index (χ3v) is 7.04. The highest BCUT2D eigenvalue weighted by molar-refractivity contribution is 6.30. The lowest BCUT2D eigenvalue weighted by molar-refractivity contribution is -0.141. The molecule has 5 rings (SSSR count). The second-order valence-electron chi connectivity index (χ2n) is 8.96. The quantitative estimate of drug-likeness (QED) is 0.297. The second kappa shape index (κ2) is 10.1. The molecule has 7 heteroatoms.